The van der Waals surface area contributed by atoms with Crippen molar-refractivity contribution < 1.29 is 9.31 Å². The van der Waals surface area contributed by atoms with E-state index in [9.17, 15) is 14.5 Å². The van der Waals surface area contributed by atoms with Crippen molar-refractivity contribution in [1.82, 2.24) is 0 Å². The molecule has 0 aromatic heterocycles. The molecule has 0 unspecified atom stereocenters. The number of nitrogens with two attached hydrogens (primary N) is 1. The number of nitrogens with zero attached hydrogens (tertiary/aromatic N) is 1. The molecule has 0 aliphatic heterocycles. The van der Waals surface area contributed by atoms with E-state index < -0.39 is 10.7 Å². The minimum absolute atomic E-state index is 0.248. The fourth-order valence-corrected chi connectivity index (χ4v) is 1.11. The number of halogens is 1. The van der Waals surface area contributed by atoms with Crippen LogP contribution in [0.25, 0.3) is 6.08 Å². The number of non-ortho nitro benzene ring substituents is 1. The number of nitro benzene ring substituents is 1. The zero-order valence-corrected chi connectivity index (χ0v) is 8.02. The van der Waals surface area contributed by atoms with Crippen LogP contribution in [0.15, 0.2) is 24.3 Å². The Kier molecular flexibility index (Phi) is 3.93. The number of rotatable bonds is 4. The first-order valence-corrected chi connectivity index (χ1v) is 4.45. The highest BCUT2D eigenvalue weighted by Crippen LogP contribution is 2.17. The van der Waals surface area contributed by atoms with Gasteiger partial charge in [0.2, 0.25) is 0 Å². The Morgan fingerprint density at radius 3 is 2.80 bits per heavy atom. The van der Waals surface area contributed by atoms with Gasteiger partial charge in [-0.25, -0.2) is 4.39 Å². The maximum absolute atomic E-state index is 12.9. The van der Waals surface area contributed by atoms with Gasteiger partial charge >= 0.3 is 0 Å². The summed E-state index contributed by atoms with van der Waals surface area (Å²) in [5.41, 5.74) is 5.49. The molecule has 0 heterocycles. The average molecular weight is 210 g/mol. The third kappa shape index (κ3) is 3.47. The van der Waals surface area contributed by atoms with E-state index >= 15 is 0 Å². The van der Waals surface area contributed by atoms with Crippen LogP contribution in [0.4, 0.5) is 10.1 Å². The molecule has 0 fully saturated rings. The van der Waals surface area contributed by atoms with E-state index in [1.165, 1.54) is 12.1 Å². The molecule has 80 valence electrons. The van der Waals surface area contributed by atoms with Crippen molar-refractivity contribution in [1.29, 1.82) is 0 Å². The molecular weight excluding hydrogens is 199 g/mol. The predicted octanol–water partition coefficient (Wildman–Crippen LogP) is 2.10. The lowest BCUT2D eigenvalue weighted by Crippen LogP contribution is -1.95. The molecule has 0 atom stereocenters. The highest BCUT2D eigenvalue weighted by Gasteiger charge is 2.07. The normalized spacial score (nSPS) is 10.8. The van der Waals surface area contributed by atoms with Gasteiger partial charge in [0.1, 0.15) is 5.82 Å². The van der Waals surface area contributed by atoms with Crippen LogP contribution < -0.4 is 5.73 Å². The van der Waals surface area contributed by atoms with Crippen LogP contribution in [0.5, 0.6) is 0 Å². The van der Waals surface area contributed by atoms with Gasteiger partial charge in [-0.1, -0.05) is 12.2 Å². The van der Waals surface area contributed by atoms with Gasteiger partial charge in [0, 0.05) is 6.07 Å². The maximum atomic E-state index is 12.9. The molecule has 5 heteroatoms. The van der Waals surface area contributed by atoms with Gasteiger partial charge in [-0.2, -0.15) is 0 Å². The number of nitro groups is 1. The molecule has 0 radical (unpaired) electrons. The predicted molar refractivity (Wildman–Crippen MR) is 55.8 cm³/mol. The van der Waals surface area contributed by atoms with Crippen LogP contribution in [0.2, 0.25) is 0 Å². The smallest absolute Gasteiger partial charge is 0.272 e. The van der Waals surface area contributed by atoms with E-state index in [0.717, 1.165) is 6.07 Å². The van der Waals surface area contributed by atoms with E-state index in [2.05, 4.69) is 0 Å². The SMILES string of the molecule is NCCC=Cc1cc(F)cc([N+](=O)[O-])c1. The van der Waals surface area contributed by atoms with Gasteiger partial charge in [-0.3, -0.25) is 10.1 Å². The van der Waals surface area contributed by atoms with Crippen molar-refractivity contribution in [3.63, 3.8) is 0 Å². The molecule has 4 nitrogen and oxygen atoms in total. The van der Waals surface area contributed by atoms with Gasteiger partial charge in [-0.15, -0.1) is 0 Å². The molecule has 1 aromatic carbocycles. The zero-order chi connectivity index (χ0) is 11.3. The second-order valence-electron chi connectivity index (χ2n) is 2.98. The van der Waals surface area contributed by atoms with Crippen molar-refractivity contribution in [2.75, 3.05) is 6.54 Å². The quantitative estimate of drug-likeness (QED) is 0.611. The fourth-order valence-electron chi connectivity index (χ4n) is 1.11. The summed E-state index contributed by atoms with van der Waals surface area (Å²) >= 11 is 0. The van der Waals surface area contributed by atoms with Gasteiger partial charge in [-0.05, 0) is 24.6 Å². The van der Waals surface area contributed by atoms with Crippen LogP contribution in [0.1, 0.15) is 12.0 Å². The summed E-state index contributed by atoms with van der Waals surface area (Å²) in [6, 6.07) is 3.44. The molecule has 0 aliphatic carbocycles. The number of hydrogen-bond donors (Lipinski definition) is 1. The van der Waals surface area contributed by atoms with Crippen LogP contribution in [0, 0.1) is 15.9 Å². The Hall–Kier alpha value is -1.75. The topological polar surface area (TPSA) is 69.2 Å². The fraction of sp³-hybridized carbons (Fsp3) is 0.200. The van der Waals surface area contributed by atoms with E-state index in [-0.39, 0.29) is 5.69 Å². The Morgan fingerprint density at radius 1 is 1.47 bits per heavy atom. The Balaban J connectivity index is 2.93. The van der Waals surface area contributed by atoms with Crippen molar-refractivity contribution in [2.45, 2.75) is 6.42 Å². The summed E-state index contributed by atoms with van der Waals surface area (Å²) in [5, 5.41) is 10.4. The molecule has 1 rings (SSSR count). The average Bonchev–Trinajstić information content (AvgIpc) is 2.17. The zero-order valence-electron chi connectivity index (χ0n) is 8.02. The summed E-state index contributed by atoms with van der Waals surface area (Å²) in [7, 11) is 0. The Labute approximate surface area is 86.4 Å². The van der Waals surface area contributed by atoms with Crippen molar-refractivity contribution >= 4 is 11.8 Å². The maximum Gasteiger partial charge on any atom is 0.272 e. The lowest BCUT2D eigenvalue weighted by atomic mass is 10.1. The van der Waals surface area contributed by atoms with Gasteiger partial charge < -0.3 is 5.73 Å². The summed E-state index contributed by atoms with van der Waals surface area (Å²) in [6.45, 7) is 0.494. The minimum atomic E-state index is -0.622. The monoisotopic (exact) mass is 210 g/mol. The lowest BCUT2D eigenvalue weighted by molar-refractivity contribution is -0.385. The largest absolute Gasteiger partial charge is 0.330 e. The summed E-state index contributed by atoms with van der Waals surface area (Å²) < 4.78 is 12.9. The van der Waals surface area contributed by atoms with Crippen molar-refractivity contribution in [3.8, 4) is 0 Å². The molecule has 0 aliphatic rings. The molecule has 15 heavy (non-hydrogen) atoms. The minimum Gasteiger partial charge on any atom is -0.330 e. The first-order chi connectivity index (χ1) is 7.13. The summed E-state index contributed by atoms with van der Waals surface area (Å²) in [4.78, 5) is 9.81. The van der Waals surface area contributed by atoms with Gasteiger partial charge in [0.25, 0.3) is 5.69 Å². The highest BCUT2D eigenvalue weighted by atomic mass is 19.1. The second kappa shape index (κ2) is 5.21. The molecule has 0 bridgehead atoms. The van der Waals surface area contributed by atoms with Gasteiger partial charge in [0.15, 0.2) is 0 Å². The van der Waals surface area contributed by atoms with Crippen molar-refractivity contribution in [2.24, 2.45) is 5.73 Å². The molecule has 0 spiro atoms. The molecule has 0 amide bonds. The first-order valence-electron chi connectivity index (χ1n) is 4.45. The number of hydrogen-bond acceptors (Lipinski definition) is 3. The first kappa shape index (κ1) is 11.3. The van der Waals surface area contributed by atoms with Gasteiger partial charge in [0.05, 0.1) is 11.0 Å². The van der Waals surface area contributed by atoms with E-state index in [1.807, 2.05) is 0 Å². The van der Waals surface area contributed by atoms with Crippen LogP contribution >= 0.6 is 0 Å². The second-order valence-corrected chi connectivity index (χ2v) is 2.98. The van der Waals surface area contributed by atoms with Crippen LogP contribution in [-0.4, -0.2) is 11.5 Å². The Morgan fingerprint density at radius 2 is 2.20 bits per heavy atom. The standard InChI is InChI=1S/C10H11FN2O2/c11-9-5-8(3-1-2-4-12)6-10(7-9)13(14)15/h1,3,5-7H,2,4,12H2. The molecule has 2 N–H and O–H groups in total. The lowest BCUT2D eigenvalue weighted by Gasteiger charge is -1.95. The molecule has 1 aromatic rings. The number of benzene rings is 1. The van der Waals surface area contributed by atoms with E-state index in [1.54, 1.807) is 12.2 Å². The van der Waals surface area contributed by atoms with Crippen molar-refractivity contribution in [3.05, 3.63) is 45.8 Å². The Bertz CT molecular complexity index is 391. The van der Waals surface area contributed by atoms with Crippen LogP contribution in [-0.2, 0) is 0 Å². The third-order valence-electron chi connectivity index (χ3n) is 1.76. The molecular formula is C10H11FN2O2. The highest BCUT2D eigenvalue weighted by molar-refractivity contribution is 5.53. The summed E-state index contributed by atoms with van der Waals surface area (Å²) in [6.07, 6.45) is 4.02. The third-order valence-corrected chi connectivity index (χ3v) is 1.76. The molecule has 0 saturated heterocycles. The molecule has 0 saturated carbocycles. The van der Waals surface area contributed by atoms with E-state index in [4.69, 9.17) is 5.73 Å². The van der Waals surface area contributed by atoms with Crippen LogP contribution in [0.3, 0.4) is 0 Å². The summed E-state index contributed by atoms with van der Waals surface area (Å²) in [5.74, 6) is -0.614. The van der Waals surface area contributed by atoms with E-state index in [0.29, 0.717) is 18.5 Å².